The summed E-state index contributed by atoms with van der Waals surface area (Å²) >= 11 is 0. The third-order valence-electron chi connectivity index (χ3n) is 10.9. The minimum absolute atomic E-state index is 0.480. The van der Waals surface area contributed by atoms with E-state index < -0.39 is 5.41 Å². The van der Waals surface area contributed by atoms with E-state index in [1.165, 1.54) is 33.4 Å². The van der Waals surface area contributed by atoms with Crippen molar-refractivity contribution in [2.45, 2.75) is 5.41 Å². The van der Waals surface area contributed by atoms with Crippen LogP contribution in [0.15, 0.2) is 197 Å². The maximum atomic E-state index is 6.84. The molecule has 0 aliphatic heterocycles. The summed E-state index contributed by atoms with van der Waals surface area (Å²) in [5, 5.41) is 4.42. The Balaban J connectivity index is 1.09. The van der Waals surface area contributed by atoms with Crippen LogP contribution in [0.1, 0.15) is 22.3 Å². The number of hydrogen-bond acceptors (Lipinski definition) is 3. The fourth-order valence-corrected chi connectivity index (χ4v) is 8.73. The molecule has 0 radical (unpaired) electrons. The quantitative estimate of drug-likeness (QED) is 0.183. The Morgan fingerprint density at radius 2 is 0.808 bits per heavy atom. The number of fused-ring (bicyclic) bond motifs is 9. The number of furan rings is 2. The van der Waals surface area contributed by atoms with E-state index in [0.29, 0.717) is 0 Å². The molecule has 0 unspecified atom stereocenters. The fraction of sp³-hybridized carbons (Fsp3) is 0.0204. The molecule has 1 aliphatic rings. The SMILES string of the molecule is c1ccc(N(c2ccc3c(c2)oc2ccccc23)c2ccc3c(c2)oc2cc(C4(c5ccccc5)c5ccccc5-c5ccccc54)ccc23)cc1. The van der Waals surface area contributed by atoms with E-state index >= 15 is 0 Å². The summed E-state index contributed by atoms with van der Waals surface area (Å²) in [6, 6.07) is 67.1. The summed E-state index contributed by atoms with van der Waals surface area (Å²) in [7, 11) is 0. The maximum Gasteiger partial charge on any atom is 0.137 e. The van der Waals surface area contributed by atoms with Gasteiger partial charge in [0, 0.05) is 50.7 Å². The van der Waals surface area contributed by atoms with Crippen LogP contribution in [0.4, 0.5) is 17.1 Å². The molecule has 0 N–H and O–H groups in total. The average molecular weight is 666 g/mol. The van der Waals surface area contributed by atoms with Crippen LogP contribution in [0.25, 0.3) is 55.0 Å². The Labute approximate surface area is 300 Å². The molecule has 3 heteroatoms. The van der Waals surface area contributed by atoms with E-state index in [4.69, 9.17) is 8.83 Å². The van der Waals surface area contributed by atoms with E-state index in [-0.39, 0.29) is 0 Å². The highest BCUT2D eigenvalue weighted by molar-refractivity contribution is 6.08. The molecular formula is C49H31NO2. The smallest absolute Gasteiger partial charge is 0.137 e. The molecule has 10 aromatic rings. The Kier molecular flexibility index (Phi) is 6.17. The monoisotopic (exact) mass is 665 g/mol. The Morgan fingerprint density at radius 1 is 0.327 bits per heavy atom. The first-order valence-corrected chi connectivity index (χ1v) is 17.8. The lowest BCUT2D eigenvalue weighted by Crippen LogP contribution is -2.28. The summed E-state index contributed by atoms with van der Waals surface area (Å²) in [6.45, 7) is 0. The summed E-state index contributed by atoms with van der Waals surface area (Å²) in [5.41, 5.74) is 13.6. The van der Waals surface area contributed by atoms with Crippen molar-refractivity contribution >= 4 is 60.9 Å². The molecule has 0 fully saturated rings. The second-order valence-corrected chi connectivity index (χ2v) is 13.7. The molecular weight excluding hydrogens is 635 g/mol. The average Bonchev–Trinajstić information content (AvgIpc) is 3.86. The molecule has 2 aromatic heterocycles. The zero-order valence-electron chi connectivity index (χ0n) is 28.2. The second kappa shape index (κ2) is 11.1. The van der Waals surface area contributed by atoms with Crippen molar-refractivity contribution in [1.82, 2.24) is 0 Å². The van der Waals surface area contributed by atoms with Gasteiger partial charge in [0.2, 0.25) is 0 Å². The number of hydrogen-bond donors (Lipinski definition) is 0. The predicted octanol–water partition coefficient (Wildman–Crippen LogP) is 13.3. The third-order valence-corrected chi connectivity index (χ3v) is 10.9. The normalized spacial score (nSPS) is 13.2. The molecule has 3 nitrogen and oxygen atoms in total. The number of rotatable bonds is 5. The molecule has 0 atom stereocenters. The highest BCUT2D eigenvalue weighted by Gasteiger charge is 2.46. The predicted molar refractivity (Wildman–Crippen MR) is 213 cm³/mol. The number of benzene rings is 8. The van der Waals surface area contributed by atoms with Crippen LogP contribution in [0, 0.1) is 0 Å². The molecule has 0 spiro atoms. The molecule has 11 rings (SSSR count). The van der Waals surface area contributed by atoms with Gasteiger partial charge in [-0.05, 0) is 81.9 Å². The van der Waals surface area contributed by atoms with Crippen LogP contribution in [0.2, 0.25) is 0 Å². The maximum absolute atomic E-state index is 6.84. The van der Waals surface area contributed by atoms with Gasteiger partial charge in [-0.25, -0.2) is 0 Å². The van der Waals surface area contributed by atoms with Crippen molar-refractivity contribution in [3.63, 3.8) is 0 Å². The lowest BCUT2D eigenvalue weighted by molar-refractivity contribution is 0.665. The zero-order valence-corrected chi connectivity index (χ0v) is 28.2. The minimum Gasteiger partial charge on any atom is -0.456 e. The molecule has 0 amide bonds. The Bertz CT molecular complexity index is 2930. The summed E-state index contributed by atoms with van der Waals surface area (Å²) in [5.74, 6) is 0. The van der Waals surface area contributed by atoms with Crippen molar-refractivity contribution in [3.8, 4) is 11.1 Å². The van der Waals surface area contributed by atoms with Crippen LogP contribution >= 0.6 is 0 Å². The summed E-state index contributed by atoms with van der Waals surface area (Å²) < 4.78 is 13.2. The highest BCUT2D eigenvalue weighted by atomic mass is 16.3. The fourth-order valence-electron chi connectivity index (χ4n) is 8.73. The standard InChI is InChI=1S/C49H31NO2/c1-3-13-32(14-4-1)49(43-20-10-7-17-37(43)38-18-8-11-21-44(38)49)33-23-26-40-42-28-25-36(31-48(42)52-46(40)29-33)50(34-15-5-2-6-16-34)35-24-27-41-39-19-9-12-22-45(39)51-47(41)30-35/h1-31H. The molecule has 0 saturated carbocycles. The van der Waals surface area contributed by atoms with Gasteiger partial charge in [0.05, 0.1) is 5.41 Å². The van der Waals surface area contributed by atoms with Crippen LogP contribution in [-0.2, 0) is 5.41 Å². The van der Waals surface area contributed by atoms with Gasteiger partial charge < -0.3 is 13.7 Å². The van der Waals surface area contributed by atoms with Gasteiger partial charge in [-0.15, -0.1) is 0 Å². The van der Waals surface area contributed by atoms with Gasteiger partial charge in [0.15, 0.2) is 0 Å². The first-order valence-electron chi connectivity index (χ1n) is 17.8. The van der Waals surface area contributed by atoms with Crippen molar-refractivity contribution in [1.29, 1.82) is 0 Å². The van der Waals surface area contributed by atoms with Crippen molar-refractivity contribution in [3.05, 3.63) is 210 Å². The molecule has 0 saturated heterocycles. The van der Waals surface area contributed by atoms with Crippen LogP contribution < -0.4 is 4.90 Å². The first kappa shape index (κ1) is 28.9. The van der Waals surface area contributed by atoms with E-state index in [2.05, 4.69) is 175 Å². The lowest BCUT2D eigenvalue weighted by atomic mass is 9.67. The summed E-state index contributed by atoms with van der Waals surface area (Å²) in [4.78, 5) is 2.27. The van der Waals surface area contributed by atoms with Crippen LogP contribution in [0.3, 0.4) is 0 Å². The topological polar surface area (TPSA) is 29.5 Å². The largest absolute Gasteiger partial charge is 0.456 e. The van der Waals surface area contributed by atoms with Gasteiger partial charge in [-0.1, -0.05) is 127 Å². The lowest BCUT2D eigenvalue weighted by Gasteiger charge is -2.33. The van der Waals surface area contributed by atoms with E-state index in [1.807, 2.05) is 18.2 Å². The van der Waals surface area contributed by atoms with Crippen LogP contribution in [-0.4, -0.2) is 0 Å². The Hall–Kier alpha value is -6.84. The summed E-state index contributed by atoms with van der Waals surface area (Å²) in [6.07, 6.45) is 0. The minimum atomic E-state index is -0.480. The van der Waals surface area contributed by atoms with Crippen molar-refractivity contribution in [2.24, 2.45) is 0 Å². The van der Waals surface area contributed by atoms with Gasteiger partial charge in [0.1, 0.15) is 22.3 Å². The number of nitrogens with zero attached hydrogens (tertiary/aromatic N) is 1. The van der Waals surface area contributed by atoms with E-state index in [0.717, 1.165) is 60.9 Å². The van der Waals surface area contributed by atoms with Gasteiger partial charge in [-0.3, -0.25) is 0 Å². The van der Waals surface area contributed by atoms with E-state index in [9.17, 15) is 0 Å². The van der Waals surface area contributed by atoms with Gasteiger partial charge in [-0.2, -0.15) is 0 Å². The molecule has 244 valence electrons. The highest BCUT2D eigenvalue weighted by Crippen LogP contribution is 2.56. The van der Waals surface area contributed by atoms with Gasteiger partial charge in [0.25, 0.3) is 0 Å². The van der Waals surface area contributed by atoms with Crippen LogP contribution in [0.5, 0.6) is 0 Å². The molecule has 0 bridgehead atoms. The van der Waals surface area contributed by atoms with Crippen molar-refractivity contribution in [2.75, 3.05) is 4.90 Å². The molecule has 1 aliphatic carbocycles. The molecule has 2 heterocycles. The molecule has 8 aromatic carbocycles. The van der Waals surface area contributed by atoms with Crippen molar-refractivity contribution < 1.29 is 8.83 Å². The Morgan fingerprint density at radius 3 is 1.46 bits per heavy atom. The zero-order chi connectivity index (χ0) is 34.2. The van der Waals surface area contributed by atoms with Gasteiger partial charge >= 0.3 is 0 Å². The third kappa shape index (κ3) is 4.08. The number of anilines is 3. The van der Waals surface area contributed by atoms with E-state index in [1.54, 1.807) is 0 Å². The second-order valence-electron chi connectivity index (χ2n) is 13.7. The molecule has 52 heavy (non-hydrogen) atoms. The number of para-hydroxylation sites is 2. The first-order chi connectivity index (χ1) is 25.8.